The van der Waals surface area contributed by atoms with Gasteiger partial charge in [0.25, 0.3) is 0 Å². The Morgan fingerprint density at radius 2 is 1.93 bits per heavy atom. The summed E-state index contributed by atoms with van der Waals surface area (Å²) in [6, 6.07) is 6.07. The topological polar surface area (TPSA) is 38.9 Å². The van der Waals surface area contributed by atoms with Crippen LogP contribution in [0, 0.1) is 0 Å². The van der Waals surface area contributed by atoms with E-state index >= 15 is 0 Å². The Morgan fingerprint density at radius 1 is 1.29 bits per heavy atom. The monoisotopic (exact) mass is 196 g/mol. The highest BCUT2D eigenvalue weighted by molar-refractivity contribution is 5.03. The van der Waals surface area contributed by atoms with E-state index in [2.05, 4.69) is 18.0 Å². The van der Waals surface area contributed by atoms with Gasteiger partial charge in [-0.25, -0.2) is 0 Å². The van der Waals surface area contributed by atoms with Gasteiger partial charge in [-0.1, -0.05) is 33.8 Å². The van der Waals surface area contributed by atoms with Crippen molar-refractivity contribution >= 4 is 0 Å². The predicted molar refractivity (Wildman–Crippen MR) is 64.3 cm³/mol. The summed E-state index contributed by atoms with van der Waals surface area (Å²) in [5.74, 6) is 0. The Hall–Kier alpha value is -0.890. The lowest BCUT2D eigenvalue weighted by Gasteiger charge is -1.95. The van der Waals surface area contributed by atoms with E-state index in [1.807, 2.05) is 25.3 Å². The Balaban J connectivity index is 0. The SMILES string of the molecule is C.CCCCc1ccccn1.CCN. The largest absolute Gasteiger partial charge is 0.331 e. The zero-order valence-corrected chi connectivity index (χ0v) is 8.66. The summed E-state index contributed by atoms with van der Waals surface area (Å²) in [4.78, 5) is 4.22. The molecule has 1 rings (SSSR count). The number of hydrogen-bond donors (Lipinski definition) is 1. The van der Waals surface area contributed by atoms with Crippen LogP contribution >= 0.6 is 0 Å². The van der Waals surface area contributed by atoms with Crippen molar-refractivity contribution in [3.05, 3.63) is 30.1 Å². The highest BCUT2D eigenvalue weighted by Crippen LogP contribution is 1.99. The van der Waals surface area contributed by atoms with Crippen molar-refractivity contribution in [3.8, 4) is 0 Å². The molecule has 2 heteroatoms. The lowest BCUT2D eigenvalue weighted by molar-refractivity contribution is 0.777. The molecule has 2 N–H and O–H groups in total. The van der Waals surface area contributed by atoms with Gasteiger partial charge in [0.15, 0.2) is 0 Å². The van der Waals surface area contributed by atoms with Crippen molar-refractivity contribution < 1.29 is 0 Å². The number of nitrogens with zero attached hydrogens (tertiary/aromatic N) is 1. The van der Waals surface area contributed by atoms with Crippen LogP contribution in [-0.4, -0.2) is 11.5 Å². The maximum atomic E-state index is 4.85. The van der Waals surface area contributed by atoms with Crippen molar-refractivity contribution in [2.75, 3.05) is 6.54 Å². The van der Waals surface area contributed by atoms with E-state index in [-0.39, 0.29) is 7.43 Å². The Morgan fingerprint density at radius 3 is 2.36 bits per heavy atom. The molecule has 0 radical (unpaired) electrons. The third-order valence-electron chi connectivity index (χ3n) is 1.51. The molecular weight excluding hydrogens is 172 g/mol. The van der Waals surface area contributed by atoms with Crippen molar-refractivity contribution in [2.24, 2.45) is 5.73 Å². The van der Waals surface area contributed by atoms with E-state index in [0.717, 1.165) is 13.0 Å². The number of pyridine rings is 1. The van der Waals surface area contributed by atoms with Gasteiger partial charge in [0.05, 0.1) is 0 Å². The highest BCUT2D eigenvalue weighted by atomic mass is 14.7. The molecule has 14 heavy (non-hydrogen) atoms. The van der Waals surface area contributed by atoms with Crippen LogP contribution in [0.5, 0.6) is 0 Å². The lowest BCUT2D eigenvalue weighted by Crippen LogP contribution is -1.87. The van der Waals surface area contributed by atoms with Crippen LogP contribution in [0.4, 0.5) is 0 Å². The molecule has 1 aromatic heterocycles. The summed E-state index contributed by atoms with van der Waals surface area (Å²) in [6.07, 6.45) is 5.47. The van der Waals surface area contributed by atoms with Crippen LogP contribution in [0.25, 0.3) is 0 Å². The summed E-state index contributed by atoms with van der Waals surface area (Å²) in [5, 5.41) is 0. The molecule has 0 amide bonds. The average molecular weight is 196 g/mol. The van der Waals surface area contributed by atoms with Crippen LogP contribution in [0.3, 0.4) is 0 Å². The minimum absolute atomic E-state index is 0. The number of nitrogens with two attached hydrogens (primary N) is 1. The van der Waals surface area contributed by atoms with E-state index in [4.69, 9.17) is 5.73 Å². The molecule has 0 aliphatic carbocycles. The van der Waals surface area contributed by atoms with Crippen LogP contribution in [0.1, 0.15) is 39.8 Å². The second kappa shape index (κ2) is 12.1. The molecule has 0 aliphatic rings. The summed E-state index contributed by atoms with van der Waals surface area (Å²) >= 11 is 0. The minimum atomic E-state index is 0. The molecule has 1 aromatic rings. The number of hydrogen-bond acceptors (Lipinski definition) is 2. The first kappa shape index (κ1) is 15.6. The van der Waals surface area contributed by atoms with Gasteiger partial charge in [-0.15, -0.1) is 0 Å². The Labute approximate surface area is 88.6 Å². The molecule has 1 heterocycles. The second-order valence-corrected chi connectivity index (χ2v) is 2.83. The first-order valence-corrected chi connectivity index (χ1v) is 4.95. The molecule has 0 fully saturated rings. The average Bonchev–Trinajstić information content (AvgIpc) is 2.18. The fraction of sp³-hybridized carbons (Fsp3) is 0.583. The molecular formula is C12H24N2. The maximum Gasteiger partial charge on any atom is 0.0403 e. The molecule has 0 unspecified atom stereocenters. The van der Waals surface area contributed by atoms with Gasteiger partial charge in [0.1, 0.15) is 0 Å². The number of rotatable bonds is 3. The van der Waals surface area contributed by atoms with Gasteiger partial charge in [-0.2, -0.15) is 0 Å². The van der Waals surface area contributed by atoms with Gasteiger partial charge in [-0.3, -0.25) is 4.98 Å². The molecule has 0 spiro atoms. The van der Waals surface area contributed by atoms with Crippen molar-refractivity contribution in [1.29, 1.82) is 0 Å². The summed E-state index contributed by atoms with van der Waals surface area (Å²) in [5.41, 5.74) is 6.06. The molecule has 0 saturated heterocycles. The quantitative estimate of drug-likeness (QED) is 0.807. The van der Waals surface area contributed by atoms with E-state index in [1.54, 1.807) is 0 Å². The van der Waals surface area contributed by atoms with E-state index in [1.165, 1.54) is 18.5 Å². The van der Waals surface area contributed by atoms with E-state index in [0.29, 0.717) is 0 Å². The fourth-order valence-electron chi connectivity index (χ4n) is 0.904. The van der Waals surface area contributed by atoms with Gasteiger partial charge in [0, 0.05) is 11.9 Å². The molecule has 0 aliphatic heterocycles. The highest BCUT2D eigenvalue weighted by Gasteiger charge is 1.88. The van der Waals surface area contributed by atoms with Crippen LogP contribution in [0.15, 0.2) is 24.4 Å². The van der Waals surface area contributed by atoms with Crippen molar-refractivity contribution in [2.45, 2.75) is 40.5 Å². The normalized spacial score (nSPS) is 8.21. The molecule has 0 atom stereocenters. The van der Waals surface area contributed by atoms with Gasteiger partial charge >= 0.3 is 0 Å². The third kappa shape index (κ3) is 9.20. The van der Waals surface area contributed by atoms with Crippen molar-refractivity contribution in [3.63, 3.8) is 0 Å². The van der Waals surface area contributed by atoms with Crippen LogP contribution < -0.4 is 5.73 Å². The van der Waals surface area contributed by atoms with Crippen molar-refractivity contribution in [1.82, 2.24) is 4.98 Å². The first-order valence-electron chi connectivity index (χ1n) is 4.95. The lowest BCUT2D eigenvalue weighted by atomic mass is 10.2. The van der Waals surface area contributed by atoms with Crippen LogP contribution in [0.2, 0.25) is 0 Å². The zero-order chi connectivity index (χ0) is 9.94. The standard InChI is InChI=1S/C9H13N.C2H7N.CH4/c1-2-3-6-9-7-4-5-8-10-9;1-2-3;/h4-5,7-8H,2-3,6H2,1H3;2-3H2,1H3;1H4. The first-order chi connectivity index (χ1) is 6.35. The molecule has 0 aromatic carbocycles. The van der Waals surface area contributed by atoms with Gasteiger partial charge < -0.3 is 5.73 Å². The van der Waals surface area contributed by atoms with E-state index in [9.17, 15) is 0 Å². The van der Waals surface area contributed by atoms with Gasteiger partial charge in [0.2, 0.25) is 0 Å². The number of aryl methyl sites for hydroxylation is 1. The second-order valence-electron chi connectivity index (χ2n) is 2.83. The Bertz CT molecular complexity index is 185. The zero-order valence-electron chi connectivity index (χ0n) is 8.66. The number of aromatic nitrogens is 1. The summed E-state index contributed by atoms with van der Waals surface area (Å²) < 4.78 is 0. The molecule has 2 nitrogen and oxygen atoms in total. The number of unbranched alkanes of at least 4 members (excludes halogenated alkanes) is 1. The predicted octanol–water partition coefficient (Wildman–Crippen LogP) is 3.03. The third-order valence-corrected chi connectivity index (χ3v) is 1.51. The molecule has 0 bridgehead atoms. The van der Waals surface area contributed by atoms with Crippen LogP contribution in [-0.2, 0) is 6.42 Å². The smallest absolute Gasteiger partial charge is 0.0403 e. The molecule has 82 valence electrons. The summed E-state index contributed by atoms with van der Waals surface area (Å²) in [7, 11) is 0. The fourth-order valence-corrected chi connectivity index (χ4v) is 0.904. The Kier molecular flexibility index (Phi) is 13.5. The van der Waals surface area contributed by atoms with E-state index < -0.39 is 0 Å². The summed E-state index contributed by atoms with van der Waals surface area (Å²) in [6.45, 7) is 4.85. The van der Waals surface area contributed by atoms with Gasteiger partial charge in [-0.05, 0) is 31.5 Å². The molecule has 0 saturated carbocycles. The maximum absolute atomic E-state index is 4.85. The minimum Gasteiger partial charge on any atom is -0.331 e.